The number of methoxy groups -OCH3 is 4. The van der Waals surface area contributed by atoms with Crippen LogP contribution in [0, 0.1) is 0 Å². The minimum Gasteiger partial charge on any atom is -0.494 e. The van der Waals surface area contributed by atoms with Gasteiger partial charge in [0.25, 0.3) is 5.91 Å². The Balaban J connectivity index is 1.89. The Morgan fingerprint density at radius 3 is 2.00 bits per heavy atom. The van der Waals surface area contributed by atoms with E-state index < -0.39 is 39.6 Å². The molecule has 0 saturated carbocycles. The van der Waals surface area contributed by atoms with Gasteiger partial charge in [-0.05, 0) is 51.8 Å². The number of carbonyl (C=O) groups is 5. The summed E-state index contributed by atoms with van der Waals surface area (Å²) in [4.78, 5) is 69.7. The fraction of sp³-hybridized carbons (Fsp3) is 0.452. The number of anilines is 1. The van der Waals surface area contributed by atoms with E-state index >= 15 is 0 Å². The first-order chi connectivity index (χ1) is 21.9. The highest BCUT2D eigenvalue weighted by molar-refractivity contribution is 8.26. The van der Waals surface area contributed by atoms with Gasteiger partial charge in [-0.15, -0.1) is 0 Å². The van der Waals surface area contributed by atoms with Gasteiger partial charge in [-0.25, -0.2) is 19.2 Å². The highest BCUT2D eigenvalue weighted by Gasteiger charge is 2.62. The van der Waals surface area contributed by atoms with Crippen LogP contribution in [0.25, 0.3) is 5.57 Å². The monoisotopic (exact) mass is 691 g/mol. The summed E-state index contributed by atoms with van der Waals surface area (Å²) < 4.78 is 30.5. The fourth-order valence-electron chi connectivity index (χ4n) is 5.86. The number of hydrogen-bond donors (Lipinski definition) is 0. The number of hydrogen-bond acceptors (Lipinski definition) is 14. The smallest absolute Gasteiger partial charge is 0.345 e. The van der Waals surface area contributed by atoms with E-state index in [4.69, 9.17) is 28.4 Å². The van der Waals surface area contributed by atoms with Gasteiger partial charge in [0.2, 0.25) is 0 Å². The van der Waals surface area contributed by atoms with E-state index in [0.29, 0.717) is 47.1 Å². The summed E-state index contributed by atoms with van der Waals surface area (Å²) in [5, 5.41) is 0. The van der Waals surface area contributed by atoms with Crippen molar-refractivity contribution in [3.05, 3.63) is 49.0 Å². The maximum atomic E-state index is 14.2. The molecule has 1 amide bonds. The first kappa shape index (κ1) is 33.9. The number of carbonyl (C=O) groups excluding carboxylic acids is 5. The number of esters is 4. The van der Waals surface area contributed by atoms with Gasteiger partial charge in [-0.1, -0.05) is 35.3 Å². The number of rotatable bonds is 7. The maximum absolute atomic E-state index is 14.2. The zero-order chi connectivity index (χ0) is 33.6. The predicted octanol–water partition coefficient (Wildman–Crippen LogP) is 4.18. The molecule has 0 aliphatic carbocycles. The van der Waals surface area contributed by atoms with Gasteiger partial charge in [0.1, 0.15) is 30.6 Å². The second-order valence-corrected chi connectivity index (χ2v) is 14.5. The Morgan fingerprint density at radius 1 is 0.891 bits per heavy atom. The zero-order valence-electron chi connectivity index (χ0n) is 26.3. The molecule has 1 aromatic rings. The lowest BCUT2D eigenvalue weighted by atomic mass is 9.83. The molecule has 4 heterocycles. The van der Waals surface area contributed by atoms with Crippen LogP contribution in [0.1, 0.15) is 39.2 Å². The summed E-state index contributed by atoms with van der Waals surface area (Å²) in [6.07, 6.45) is 0.593. The number of benzene rings is 1. The lowest BCUT2D eigenvalue weighted by molar-refractivity contribution is -0.138. The lowest BCUT2D eigenvalue weighted by Gasteiger charge is -2.51. The van der Waals surface area contributed by atoms with Gasteiger partial charge >= 0.3 is 23.9 Å². The summed E-state index contributed by atoms with van der Waals surface area (Å²) in [5.41, 5.74) is 0.158. The van der Waals surface area contributed by atoms with Crippen LogP contribution in [0.3, 0.4) is 0 Å². The SMILES string of the molecule is CCOc1ccc2c(c1)C1=C(SC(C(=O)OC)=C(C(=O)OC)C13SC(C(=O)OC)=C(C(=O)OC)S3)C(C)(C)N2C(=O)[C@H]1CCCO1. The molecular formula is C31H33NO11S3. The van der Waals surface area contributed by atoms with Crippen LogP contribution in [-0.2, 0) is 47.7 Å². The van der Waals surface area contributed by atoms with Crippen molar-refractivity contribution in [3.63, 3.8) is 0 Å². The first-order valence-electron chi connectivity index (χ1n) is 14.3. The third-order valence-electron chi connectivity index (χ3n) is 7.85. The van der Waals surface area contributed by atoms with Crippen LogP contribution in [0.2, 0.25) is 0 Å². The largest absolute Gasteiger partial charge is 0.494 e. The molecule has 0 aromatic heterocycles. The van der Waals surface area contributed by atoms with Crippen molar-refractivity contribution < 1.29 is 52.4 Å². The molecule has 4 aliphatic rings. The molecule has 1 aromatic carbocycles. The molecule has 46 heavy (non-hydrogen) atoms. The topological polar surface area (TPSA) is 144 Å². The molecule has 0 bridgehead atoms. The van der Waals surface area contributed by atoms with Crippen LogP contribution in [0.5, 0.6) is 5.75 Å². The van der Waals surface area contributed by atoms with Gasteiger partial charge < -0.3 is 28.4 Å². The fourth-order valence-corrected chi connectivity index (χ4v) is 10.9. The molecule has 4 aliphatic heterocycles. The molecule has 12 nitrogen and oxygen atoms in total. The van der Waals surface area contributed by atoms with E-state index in [1.54, 1.807) is 23.1 Å². The highest BCUT2D eigenvalue weighted by atomic mass is 32.2. The van der Waals surface area contributed by atoms with E-state index in [-0.39, 0.29) is 26.2 Å². The van der Waals surface area contributed by atoms with Crippen LogP contribution in [0.4, 0.5) is 5.69 Å². The molecule has 1 spiro atoms. The van der Waals surface area contributed by atoms with Gasteiger partial charge in [-0.3, -0.25) is 9.69 Å². The number of ether oxygens (including phenoxy) is 6. The molecule has 246 valence electrons. The summed E-state index contributed by atoms with van der Waals surface area (Å²) >= 11 is 2.71. The van der Waals surface area contributed by atoms with Crippen molar-refractivity contribution in [3.8, 4) is 5.75 Å². The Morgan fingerprint density at radius 2 is 1.48 bits per heavy atom. The normalized spacial score (nSPS) is 21.1. The average molecular weight is 692 g/mol. The van der Waals surface area contributed by atoms with Crippen molar-refractivity contribution in [2.45, 2.75) is 49.3 Å². The highest BCUT2D eigenvalue weighted by Crippen LogP contribution is 2.71. The predicted molar refractivity (Wildman–Crippen MR) is 173 cm³/mol. The van der Waals surface area contributed by atoms with Crippen molar-refractivity contribution in [1.82, 2.24) is 0 Å². The summed E-state index contributed by atoms with van der Waals surface area (Å²) in [7, 11) is 4.68. The Bertz CT molecular complexity index is 1590. The van der Waals surface area contributed by atoms with Gasteiger partial charge in [0.15, 0.2) is 0 Å². The minimum atomic E-state index is -1.68. The van der Waals surface area contributed by atoms with Crippen molar-refractivity contribution >= 4 is 76.3 Å². The molecule has 1 atom stereocenters. The van der Waals surface area contributed by atoms with Gasteiger partial charge in [0, 0.05) is 22.6 Å². The quantitative estimate of drug-likeness (QED) is 0.298. The molecular weight excluding hydrogens is 659 g/mol. The molecule has 15 heteroatoms. The number of nitrogens with zero attached hydrogens (tertiary/aromatic N) is 1. The average Bonchev–Trinajstić information content (AvgIpc) is 3.73. The zero-order valence-corrected chi connectivity index (χ0v) is 28.8. The first-order valence-corrected chi connectivity index (χ1v) is 16.7. The summed E-state index contributed by atoms with van der Waals surface area (Å²) in [6, 6.07) is 5.25. The Kier molecular flexibility index (Phi) is 9.60. The van der Waals surface area contributed by atoms with E-state index in [9.17, 15) is 24.0 Å². The maximum Gasteiger partial charge on any atom is 0.345 e. The standard InChI is InChI=1S/C31H33NO11S3/c1-8-42-15-11-12-17-16(14-15)19-24(30(2,3)32(17)25(33)18-10-9-13-43-18)44-21(27(35)39-5)20(26(34)38-4)31(19)45-22(28(36)40-6)23(46-31)29(37)41-7/h11-12,14,18H,8-10,13H2,1-7H3/t18-/m1/s1. The van der Waals surface area contributed by atoms with Gasteiger partial charge in [0.05, 0.1) is 51.8 Å². The lowest BCUT2D eigenvalue weighted by Crippen LogP contribution is -2.56. The number of fused-ring (bicyclic) bond motifs is 3. The van der Waals surface area contributed by atoms with Crippen LogP contribution in [0.15, 0.2) is 43.4 Å². The van der Waals surface area contributed by atoms with Crippen LogP contribution in [-0.4, -0.2) is 87.2 Å². The van der Waals surface area contributed by atoms with E-state index in [1.807, 2.05) is 20.8 Å². The summed E-state index contributed by atoms with van der Waals surface area (Å²) in [6.45, 7) is 6.28. The van der Waals surface area contributed by atoms with E-state index in [0.717, 1.165) is 41.7 Å². The van der Waals surface area contributed by atoms with Crippen LogP contribution < -0.4 is 9.64 Å². The van der Waals surface area contributed by atoms with Crippen molar-refractivity contribution in [1.29, 1.82) is 0 Å². The minimum absolute atomic E-state index is 0.120. The van der Waals surface area contributed by atoms with Crippen LogP contribution >= 0.6 is 35.3 Å². The Hall–Kier alpha value is -3.40. The van der Waals surface area contributed by atoms with Crippen molar-refractivity contribution in [2.75, 3.05) is 46.6 Å². The molecule has 0 radical (unpaired) electrons. The number of thioether (sulfide) groups is 3. The Labute approximate surface area is 278 Å². The molecule has 0 N–H and O–H groups in total. The molecule has 0 unspecified atom stereocenters. The molecule has 1 saturated heterocycles. The van der Waals surface area contributed by atoms with E-state index in [2.05, 4.69) is 0 Å². The third-order valence-corrected chi connectivity index (χ3v) is 12.5. The van der Waals surface area contributed by atoms with E-state index in [1.165, 1.54) is 28.4 Å². The second-order valence-electron chi connectivity index (χ2n) is 10.8. The molecule has 5 rings (SSSR count). The van der Waals surface area contributed by atoms with Gasteiger partial charge in [-0.2, -0.15) is 0 Å². The third kappa shape index (κ3) is 5.30. The second kappa shape index (κ2) is 13.0. The number of amides is 1. The summed E-state index contributed by atoms with van der Waals surface area (Å²) in [5.74, 6) is -3.20. The molecule has 1 fully saturated rings. The van der Waals surface area contributed by atoms with Crippen molar-refractivity contribution in [2.24, 2.45) is 0 Å².